The Morgan fingerprint density at radius 2 is 1.54 bits per heavy atom. The number of hydrogen-bond acceptors (Lipinski definition) is 3. The van der Waals surface area contributed by atoms with Crippen LogP contribution in [0.15, 0.2) is 30.3 Å². The van der Waals surface area contributed by atoms with Gasteiger partial charge in [-0.1, -0.05) is 59.7 Å². The van der Waals surface area contributed by atoms with Crippen molar-refractivity contribution >= 4 is 5.69 Å². The van der Waals surface area contributed by atoms with Gasteiger partial charge in [-0.05, 0) is 39.7 Å². The molecular formula is C21H30N2O. The number of phenolic OH excluding ortho intramolecular Hbond substituents is 1. The maximum absolute atomic E-state index is 11.1. The first-order valence-corrected chi connectivity index (χ1v) is 8.43. The van der Waals surface area contributed by atoms with E-state index in [1.807, 2.05) is 30.3 Å². The normalized spacial score (nSPS) is 12.5. The van der Waals surface area contributed by atoms with Crippen molar-refractivity contribution in [1.82, 2.24) is 0 Å². The number of nitrogen functional groups attached to an aromatic ring is 1. The third-order valence-electron chi connectivity index (χ3n) is 4.39. The average Bonchev–Trinajstić information content (AvgIpc) is 2.44. The highest BCUT2D eigenvalue weighted by Crippen LogP contribution is 2.47. The molecule has 3 heteroatoms. The number of benzene rings is 2. The predicted octanol–water partition coefficient (Wildman–Crippen LogP) is 4.70. The van der Waals surface area contributed by atoms with Gasteiger partial charge in [0, 0.05) is 23.4 Å². The van der Waals surface area contributed by atoms with Crippen LogP contribution in [0.25, 0.3) is 11.1 Å². The van der Waals surface area contributed by atoms with E-state index < -0.39 is 0 Å². The Bertz CT molecular complexity index is 750. The fourth-order valence-corrected chi connectivity index (χ4v) is 3.22. The van der Waals surface area contributed by atoms with E-state index in [0.717, 1.165) is 27.8 Å². The SMILES string of the molecule is CC(C)(C)c1cc(CN)c(-c2ccccc2N)c(C(C)(C)C)c1O. The topological polar surface area (TPSA) is 72.3 Å². The van der Waals surface area contributed by atoms with Crippen molar-refractivity contribution in [3.05, 3.63) is 47.0 Å². The van der Waals surface area contributed by atoms with Crippen LogP contribution < -0.4 is 11.5 Å². The molecule has 0 bridgehead atoms. The van der Waals surface area contributed by atoms with Crippen molar-refractivity contribution in [2.45, 2.75) is 58.9 Å². The number of anilines is 1. The lowest BCUT2D eigenvalue weighted by Gasteiger charge is -2.31. The van der Waals surface area contributed by atoms with Crippen LogP contribution in [0.4, 0.5) is 5.69 Å². The zero-order valence-electron chi connectivity index (χ0n) is 15.7. The summed E-state index contributed by atoms with van der Waals surface area (Å²) in [6, 6.07) is 9.80. The van der Waals surface area contributed by atoms with Gasteiger partial charge in [-0.2, -0.15) is 0 Å². The molecule has 0 aliphatic rings. The number of hydrogen-bond donors (Lipinski definition) is 3. The molecule has 130 valence electrons. The Balaban J connectivity index is 2.99. The summed E-state index contributed by atoms with van der Waals surface area (Å²) in [5.74, 6) is 0.352. The summed E-state index contributed by atoms with van der Waals surface area (Å²) in [6.45, 7) is 13.0. The van der Waals surface area contributed by atoms with E-state index >= 15 is 0 Å². The number of nitrogens with two attached hydrogens (primary N) is 2. The Morgan fingerprint density at radius 1 is 0.958 bits per heavy atom. The summed E-state index contributed by atoms with van der Waals surface area (Å²) < 4.78 is 0. The highest BCUT2D eigenvalue weighted by atomic mass is 16.3. The average molecular weight is 326 g/mol. The van der Waals surface area contributed by atoms with Crippen molar-refractivity contribution in [3.8, 4) is 16.9 Å². The molecule has 0 aromatic heterocycles. The van der Waals surface area contributed by atoms with Crippen LogP contribution >= 0.6 is 0 Å². The molecular weight excluding hydrogens is 296 g/mol. The summed E-state index contributed by atoms with van der Waals surface area (Å²) in [6.07, 6.45) is 0. The lowest BCUT2D eigenvalue weighted by atomic mass is 9.74. The third-order valence-corrected chi connectivity index (χ3v) is 4.39. The van der Waals surface area contributed by atoms with Crippen molar-refractivity contribution in [3.63, 3.8) is 0 Å². The Kier molecular flexibility index (Phi) is 4.69. The van der Waals surface area contributed by atoms with Gasteiger partial charge in [0.15, 0.2) is 0 Å². The van der Waals surface area contributed by atoms with E-state index in [0.29, 0.717) is 18.0 Å². The second kappa shape index (κ2) is 6.14. The molecule has 0 unspecified atom stereocenters. The molecule has 0 fully saturated rings. The molecule has 0 saturated carbocycles. The molecule has 0 saturated heterocycles. The second-order valence-corrected chi connectivity index (χ2v) is 8.47. The van der Waals surface area contributed by atoms with E-state index in [1.54, 1.807) is 0 Å². The van der Waals surface area contributed by atoms with E-state index in [9.17, 15) is 5.11 Å². The van der Waals surface area contributed by atoms with Crippen molar-refractivity contribution < 1.29 is 5.11 Å². The molecule has 2 rings (SSSR count). The van der Waals surface area contributed by atoms with Gasteiger partial charge in [0.2, 0.25) is 0 Å². The van der Waals surface area contributed by atoms with Gasteiger partial charge in [-0.25, -0.2) is 0 Å². The van der Waals surface area contributed by atoms with Crippen molar-refractivity contribution in [2.75, 3.05) is 5.73 Å². The molecule has 2 aromatic carbocycles. The molecule has 24 heavy (non-hydrogen) atoms. The number of rotatable bonds is 2. The molecule has 2 aromatic rings. The summed E-state index contributed by atoms with van der Waals surface area (Å²) in [4.78, 5) is 0. The maximum Gasteiger partial charge on any atom is 0.123 e. The van der Waals surface area contributed by atoms with Crippen molar-refractivity contribution in [2.24, 2.45) is 5.73 Å². The number of phenols is 1. The Hall–Kier alpha value is -2.00. The van der Waals surface area contributed by atoms with Crippen LogP contribution in [0, 0.1) is 0 Å². The standard InChI is InChI=1S/C21H30N2O/c1-20(2,3)15-11-13(12-22)17(14-9-7-8-10-16(14)23)18(19(15)24)21(4,5)6/h7-11,24H,12,22-23H2,1-6H3. The van der Waals surface area contributed by atoms with Crippen LogP contribution in [0.1, 0.15) is 58.2 Å². The quantitative estimate of drug-likeness (QED) is 0.701. The van der Waals surface area contributed by atoms with Gasteiger partial charge in [0.25, 0.3) is 0 Å². The minimum atomic E-state index is -0.243. The Labute approximate surface area is 145 Å². The highest BCUT2D eigenvalue weighted by Gasteiger charge is 2.31. The zero-order chi connectivity index (χ0) is 18.3. The molecule has 0 amide bonds. The van der Waals surface area contributed by atoms with Gasteiger partial charge in [-0.15, -0.1) is 0 Å². The van der Waals surface area contributed by atoms with E-state index in [-0.39, 0.29) is 10.8 Å². The second-order valence-electron chi connectivity index (χ2n) is 8.47. The molecule has 3 nitrogen and oxygen atoms in total. The first kappa shape index (κ1) is 18.3. The number of aromatic hydroxyl groups is 1. The maximum atomic E-state index is 11.1. The van der Waals surface area contributed by atoms with Gasteiger partial charge in [0.1, 0.15) is 5.75 Å². The smallest absolute Gasteiger partial charge is 0.123 e. The number of para-hydroxylation sites is 1. The molecule has 0 atom stereocenters. The van der Waals surface area contributed by atoms with E-state index in [4.69, 9.17) is 11.5 Å². The van der Waals surface area contributed by atoms with Gasteiger partial charge in [-0.3, -0.25) is 0 Å². The fourth-order valence-electron chi connectivity index (χ4n) is 3.22. The minimum Gasteiger partial charge on any atom is -0.507 e. The van der Waals surface area contributed by atoms with E-state index in [2.05, 4.69) is 41.5 Å². The van der Waals surface area contributed by atoms with Gasteiger partial charge in [0.05, 0.1) is 0 Å². The van der Waals surface area contributed by atoms with Crippen LogP contribution in [-0.2, 0) is 17.4 Å². The van der Waals surface area contributed by atoms with Gasteiger partial charge < -0.3 is 16.6 Å². The van der Waals surface area contributed by atoms with Gasteiger partial charge >= 0.3 is 0 Å². The first-order valence-electron chi connectivity index (χ1n) is 8.43. The highest BCUT2D eigenvalue weighted by molar-refractivity contribution is 5.84. The fraction of sp³-hybridized carbons (Fsp3) is 0.429. The molecule has 0 radical (unpaired) electrons. The predicted molar refractivity (Wildman–Crippen MR) is 103 cm³/mol. The monoisotopic (exact) mass is 326 g/mol. The third kappa shape index (κ3) is 3.27. The summed E-state index contributed by atoms with van der Waals surface area (Å²) >= 11 is 0. The molecule has 0 heterocycles. The minimum absolute atomic E-state index is 0.172. The van der Waals surface area contributed by atoms with E-state index in [1.165, 1.54) is 0 Å². The zero-order valence-corrected chi connectivity index (χ0v) is 15.7. The summed E-state index contributed by atoms with van der Waals surface area (Å²) in [5.41, 5.74) is 17.4. The van der Waals surface area contributed by atoms with Crippen LogP contribution in [0.2, 0.25) is 0 Å². The molecule has 0 spiro atoms. The lowest BCUT2D eigenvalue weighted by molar-refractivity contribution is 0.423. The molecule has 0 aliphatic heterocycles. The molecule has 0 aliphatic carbocycles. The first-order chi connectivity index (χ1) is 11.0. The lowest BCUT2D eigenvalue weighted by Crippen LogP contribution is -2.20. The largest absolute Gasteiger partial charge is 0.507 e. The molecule has 5 N–H and O–H groups in total. The van der Waals surface area contributed by atoms with Crippen LogP contribution in [0.5, 0.6) is 5.75 Å². The summed E-state index contributed by atoms with van der Waals surface area (Å²) in [7, 11) is 0. The van der Waals surface area contributed by atoms with Crippen molar-refractivity contribution in [1.29, 1.82) is 0 Å². The summed E-state index contributed by atoms with van der Waals surface area (Å²) in [5, 5.41) is 11.1. The van der Waals surface area contributed by atoms with Crippen LogP contribution in [-0.4, -0.2) is 5.11 Å². The Morgan fingerprint density at radius 3 is 2.00 bits per heavy atom. The van der Waals surface area contributed by atoms with Crippen LogP contribution in [0.3, 0.4) is 0 Å².